The van der Waals surface area contributed by atoms with E-state index in [9.17, 15) is 9.32 Å². The van der Waals surface area contributed by atoms with Crippen LogP contribution in [0.4, 0.5) is 4.53 Å². The molecule has 9 heavy (non-hydrogen) atoms. The Morgan fingerprint density at radius 3 is 3.00 bits per heavy atom. The maximum absolute atomic E-state index is 10.9. The van der Waals surface area contributed by atoms with E-state index in [1.165, 1.54) is 0 Å². The van der Waals surface area contributed by atoms with Gasteiger partial charge in [0, 0.05) is 6.54 Å². The number of hydrogen-bond donors (Lipinski definition) is 1. The fraction of sp³-hybridized carbons (Fsp3) is 0.400. The fourth-order valence-corrected chi connectivity index (χ4v) is 0.285. The molecule has 3 nitrogen and oxygen atoms in total. The van der Waals surface area contributed by atoms with Gasteiger partial charge in [0.1, 0.15) is 6.61 Å². The van der Waals surface area contributed by atoms with Gasteiger partial charge in [0.25, 0.3) is 0 Å². The van der Waals surface area contributed by atoms with Gasteiger partial charge in [-0.2, -0.15) is 4.94 Å². The molecule has 0 aliphatic rings. The van der Waals surface area contributed by atoms with E-state index >= 15 is 0 Å². The van der Waals surface area contributed by atoms with Gasteiger partial charge in [-0.05, 0) is 10.6 Å². The molecule has 4 heteroatoms. The van der Waals surface area contributed by atoms with Crippen molar-refractivity contribution >= 4 is 5.91 Å². The molecule has 0 saturated heterocycles. The van der Waals surface area contributed by atoms with Gasteiger partial charge in [0.05, 0.1) is 0 Å². The number of carbonyl (C=O) groups is 1. The maximum atomic E-state index is 10.9. The Morgan fingerprint density at radius 1 is 1.89 bits per heavy atom. The molecule has 1 amide bonds. The molecular formula is C5H8FNO2. The van der Waals surface area contributed by atoms with E-state index in [0.29, 0.717) is 0 Å². The predicted molar refractivity (Wildman–Crippen MR) is 30.3 cm³/mol. The molecular weight excluding hydrogens is 125 g/mol. The van der Waals surface area contributed by atoms with Crippen LogP contribution in [-0.4, -0.2) is 19.1 Å². The predicted octanol–water partition coefficient (Wildman–Crippen LogP) is 0.190. The first-order valence-corrected chi connectivity index (χ1v) is 2.45. The summed E-state index contributed by atoms with van der Waals surface area (Å²) in [7, 11) is 0. The lowest BCUT2D eigenvalue weighted by Crippen LogP contribution is -2.24. The average Bonchev–Trinajstić information content (AvgIpc) is 1.89. The highest BCUT2D eigenvalue weighted by Crippen LogP contribution is 1.70. The Kier molecular flexibility index (Phi) is 4.72. The second-order valence-corrected chi connectivity index (χ2v) is 1.31. The molecule has 0 spiro atoms. The molecule has 0 aliphatic heterocycles. The molecule has 0 saturated carbocycles. The maximum Gasteiger partial charge on any atom is 0.243 e. The van der Waals surface area contributed by atoms with Crippen LogP contribution in [0, 0.1) is 0 Å². The number of amides is 1. The normalized spacial score (nSPS) is 8.56. The van der Waals surface area contributed by atoms with Gasteiger partial charge in [-0.25, -0.2) is 0 Å². The highest BCUT2D eigenvalue weighted by atomic mass is 19.3. The zero-order valence-corrected chi connectivity index (χ0v) is 4.89. The van der Waals surface area contributed by atoms with E-state index in [1.807, 2.05) is 0 Å². The summed E-state index contributed by atoms with van der Waals surface area (Å²) in [5, 5.41) is 2.31. The topological polar surface area (TPSA) is 38.3 Å². The lowest BCUT2D eigenvalue weighted by molar-refractivity contribution is -0.133. The molecule has 0 aromatic rings. The molecule has 1 N–H and O–H groups in total. The lowest BCUT2D eigenvalue weighted by atomic mass is 10.5. The lowest BCUT2D eigenvalue weighted by Gasteiger charge is -1.95. The summed E-state index contributed by atoms with van der Waals surface area (Å²) in [4.78, 5) is 13.5. The Labute approximate surface area is 52.4 Å². The first-order valence-electron chi connectivity index (χ1n) is 2.45. The third-order valence-corrected chi connectivity index (χ3v) is 0.664. The average molecular weight is 133 g/mol. The number of rotatable bonds is 4. The summed E-state index contributed by atoms with van der Waals surface area (Å²) in [6.07, 6.45) is 1.11. The fourth-order valence-electron chi connectivity index (χ4n) is 0.285. The Bertz CT molecular complexity index is 105. The van der Waals surface area contributed by atoms with Crippen LogP contribution in [0.5, 0.6) is 0 Å². The van der Waals surface area contributed by atoms with Crippen LogP contribution in [0.15, 0.2) is 12.7 Å². The molecule has 0 bridgehead atoms. The zero-order valence-electron chi connectivity index (χ0n) is 4.89. The molecule has 0 aliphatic carbocycles. The molecule has 52 valence electrons. The van der Waals surface area contributed by atoms with Crippen molar-refractivity contribution in [2.75, 3.05) is 13.2 Å². The number of carbonyl (C=O) groups excluding carboxylic acids is 1. The molecule has 0 heterocycles. The monoisotopic (exact) mass is 133 g/mol. The summed E-state index contributed by atoms with van der Waals surface area (Å²) in [6, 6.07) is 0. The molecule has 0 rings (SSSR count). The van der Waals surface area contributed by atoms with Crippen molar-refractivity contribution in [3.05, 3.63) is 12.7 Å². The van der Waals surface area contributed by atoms with Gasteiger partial charge in [0.2, 0.25) is 5.91 Å². The van der Waals surface area contributed by atoms with Crippen molar-refractivity contribution in [1.82, 2.24) is 5.32 Å². The number of halogens is 1. The van der Waals surface area contributed by atoms with E-state index in [2.05, 4.69) is 16.8 Å². The third-order valence-electron chi connectivity index (χ3n) is 0.664. The molecule has 0 aromatic heterocycles. The summed E-state index contributed by atoms with van der Waals surface area (Å²) >= 11 is 0. The van der Waals surface area contributed by atoms with Crippen molar-refractivity contribution in [3.8, 4) is 0 Å². The van der Waals surface area contributed by atoms with Crippen LogP contribution in [0.25, 0.3) is 0 Å². The van der Waals surface area contributed by atoms with Crippen molar-refractivity contribution in [1.29, 1.82) is 0 Å². The quantitative estimate of drug-likeness (QED) is 0.439. The first kappa shape index (κ1) is 8.10. The molecule has 0 atom stereocenters. The largest absolute Gasteiger partial charge is 0.350 e. The Morgan fingerprint density at radius 2 is 2.56 bits per heavy atom. The summed E-state index contributed by atoms with van der Waals surface area (Å²) in [5.41, 5.74) is 0. The number of hydrogen-bond acceptors (Lipinski definition) is 2. The van der Waals surface area contributed by atoms with Gasteiger partial charge >= 0.3 is 0 Å². The van der Waals surface area contributed by atoms with Crippen LogP contribution < -0.4 is 5.32 Å². The molecule has 0 radical (unpaired) electrons. The summed E-state index contributed by atoms with van der Waals surface area (Å²) in [6.45, 7) is 3.24. The smallest absolute Gasteiger partial charge is 0.243 e. The second-order valence-electron chi connectivity index (χ2n) is 1.31. The first-order chi connectivity index (χ1) is 4.31. The van der Waals surface area contributed by atoms with Crippen molar-refractivity contribution in [3.63, 3.8) is 0 Å². The van der Waals surface area contributed by atoms with Gasteiger partial charge in [0.15, 0.2) is 0 Å². The summed E-state index contributed by atoms with van der Waals surface area (Å²) < 4.78 is 10.9. The van der Waals surface area contributed by atoms with E-state index < -0.39 is 0 Å². The van der Waals surface area contributed by atoms with E-state index in [4.69, 9.17) is 0 Å². The Balaban J connectivity index is 3.07. The highest BCUT2D eigenvalue weighted by Gasteiger charge is 1.90. The molecule has 0 unspecified atom stereocenters. The van der Waals surface area contributed by atoms with Gasteiger partial charge < -0.3 is 5.32 Å². The van der Waals surface area contributed by atoms with E-state index in [1.54, 1.807) is 0 Å². The van der Waals surface area contributed by atoms with Gasteiger partial charge in [-0.1, -0.05) is 6.58 Å². The molecule has 0 aromatic carbocycles. The van der Waals surface area contributed by atoms with Crippen LogP contribution in [-0.2, 0) is 9.74 Å². The minimum Gasteiger partial charge on any atom is -0.350 e. The van der Waals surface area contributed by atoms with Gasteiger partial charge in [-0.3, -0.25) is 4.79 Å². The highest BCUT2D eigenvalue weighted by molar-refractivity contribution is 5.86. The van der Waals surface area contributed by atoms with Crippen molar-refractivity contribution < 1.29 is 14.3 Å². The van der Waals surface area contributed by atoms with Crippen LogP contribution in [0.3, 0.4) is 0 Å². The summed E-state index contributed by atoms with van der Waals surface area (Å²) in [5.74, 6) is -0.327. The third kappa shape index (κ3) is 4.96. The minimum absolute atomic E-state index is 0.125. The zero-order chi connectivity index (χ0) is 7.11. The van der Waals surface area contributed by atoms with E-state index in [-0.39, 0.29) is 19.1 Å². The Hall–Kier alpha value is -0.900. The SMILES string of the molecule is C=CC(=O)NCCOF. The molecule has 0 fully saturated rings. The minimum atomic E-state index is -0.327. The van der Waals surface area contributed by atoms with Gasteiger partial charge in [-0.15, -0.1) is 0 Å². The van der Waals surface area contributed by atoms with Crippen molar-refractivity contribution in [2.45, 2.75) is 0 Å². The van der Waals surface area contributed by atoms with Crippen LogP contribution in [0.1, 0.15) is 0 Å². The van der Waals surface area contributed by atoms with Crippen LogP contribution >= 0.6 is 0 Å². The van der Waals surface area contributed by atoms with E-state index in [0.717, 1.165) is 6.08 Å². The standard InChI is InChI=1S/C5H8FNO2/c1-2-5(8)7-3-4-9-6/h2H,1,3-4H2,(H,7,8). The van der Waals surface area contributed by atoms with Crippen LogP contribution in [0.2, 0.25) is 0 Å². The number of nitrogens with one attached hydrogen (secondary N) is 1. The second kappa shape index (κ2) is 5.24. The van der Waals surface area contributed by atoms with Crippen molar-refractivity contribution in [2.24, 2.45) is 0 Å².